The first-order valence-electron chi connectivity index (χ1n) is 12.5. The van der Waals surface area contributed by atoms with Crippen LogP contribution in [0.15, 0.2) is 0 Å². The Morgan fingerprint density at radius 1 is 0.750 bits per heavy atom. The molecule has 162 valence electrons. The molecule has 0 spiro atoms. The van der Waals surface area contributed by atoms with Gasteiger partial charge in [0.15, 0.2) is 0 Å². The molecule has 3 nitrogen and oxygen atoms in total. The van der Waals surface area contributed by atoms with Crippen LogP contribution in [-0.2, 0) is 14.3 Å². The van der Waals surface area contributed by atoms with E-state index < -0.39 is 0 Å². The van der Waals surface area contributed by atoms with E-state index in [-0.39, 0.29) is 18.0 Å². The van der Waals surface area contributed by atoms with Gasteiger partial charge in [0.25, 0.3) is 0 Å². The Kier molecular flexibility index (Phi) is 9.14. The molecule has 0 aromatic heterocycles. The molecule has 0 radical (unpaired) electrons. The molecular weight excluding hydrogens is 348 g/mol. The van der Waals surface area contributed by atoms with Crippen LogP contribution in [0.25, 0.3) is 0 Å². The van der Waals surface area contributed by atoms with Crippen molar-refractivity contribution in [2.75, 3.05) is 6.61 Å². The van der Waals surface area contributed by atoms with Crippen molar-refractivity contribution in [1.29, 1.82) is 0 Å². The summed E-state index contributed by atoms with van der Waals surface area (Å²) in [5.41, 5.74) is 0. The third kappa shape index (κ3) is 6.47. The number of carbonyl (C=O) groups is 1. The molecule has 3 rings (SSSR count). The van der Waals surface area contributed by atoms with Crippen LogP contribution < -0.4 is 0 Å². The zero-order valence-electron chi connectivity index (χ0n) is 18.5. The van der Waals surface area contributed by atoms with E-state index in [1.165, 1.54) is 51.4 Å². The van der Waals surface area contributed by atoms with Crippen LogP contribution in [0, 0.1) is 23.7 Å². The number of hydrogen-bond acceptors (Lipinski definition) is 3. The SMILES string of the molecule is CCCCOC1CCC(OC(=O)C2CCC(C3CCC(CC)CC3)CC2)CC1. The van der Waals surface area contributed by atoms with Gasteiger partial charge in [0.2, 0.25) is 0 Å². The lowest BCUT2D eigenvalue weighted by atomic mass is 9.69. The number of ether oxygens (including phenoxy) is 2. The van der Waals surface area contributed by atoms with Crippen LogP contribution >= 0.6 is 0 Å². The maximum Gasteiger partial charge on any atom is 0.309 e. The standard InChI is InChI=1S/C25H44O3/c1-3-5-18-27-23-14-16-24(17-15-23)28-25(26)22-12-10-21(11-13-22)20-8-6-19(4-2)7-9-20/h19-24H,3-18H2,1-2H3. The lowest BCUT2D eigenvalue weighted by molar-refractivity contribution is -0.158. The summed E-state index contributed by atoms with van der Waals surface area (Å²) < 4.78 is 11.9. The van der Waals surface area contributed by atoms with Crippen molar-refractivity contribution in [2.24, 2.45) is 23.7 Å². The average molecular weight is 393 g/mol. The van der Waals surface area contributed by atoms with Gasteiger partial charge in [0.1, 0.15) is 6.10 Å². The Bertz CT molecular complexity index is 439. The topological polar surface area (TPSA) is 35.5 Å². The number of unbranched alkanes of at least 4 members (excludes halogenated alkanes) is 1. The van der Waals surface area contributed by atoms with Gasteiger partial charge in [-0.05, 0) is 88.4 Å². The number of rotatable bonds is 8. The minimum absolute atomic E-state index is 0.100. The summed E-state index contributed by atoms with van der Waals surface area (Å²) in [4.78, 5) is 12.7. The van der Waals surface area contributed by atoms with Crippen LogP contribution in [0.3, 0.4) is 0 Å². The maximum absolute atomic E-state index is 12.7. The maximum atomic E-state index is 12.7. The van der Waals surface area contributed by atoms with E-state index in [9.17, 15) is 4.79 Å². The van der Waals surface area contributed by atoms with Gasteiger partial charge in [-0.15, -0.1) is 0 Å². The van der Waals surface area contributed by atoms with Crippen molar-refractivity contribution in [3.8, 4) is 0 Å². The highest BCUT2D eigenvalue weighted by Gasteiger charge is 2.34. The highest BCUT2D eigenvalue weighted by atomic mass is 16.5. The number of esters is 1. The lowest BCUT2D eigenvalue weighted by Crippen LogP contribution is -2.33. The highest BCUT2D eigenvalue weighted by Crippen LogP contribution is 2.42. The fraction of sp³-hybridized carbons (Fsp3) is 0.960. The summed E-state index contributed by atoms with van der Waals surface area (Å²) in [7, 11) is 0. The Balaban J connectivity index is 1.31. The monoisotopic (exact) mass is 392 g/mol. The lowest BCUT2D eigenvalue weighted by Gasteiger charge is -2.37. The van der Waals surface area contributed by atoms with Gasteiger partial charge in [-0.25, -0.2) is 0 Å². The van der Waals surface area contributed by atoms with Crippen LogP contribution in [-0.4, -0.2) is 24.8 Å². The molecule has 0 amide bonds. The zero-order chi connectivity index (χ0) is 19.8. The molecular formula is C25H44O3. The summed E-state index contributed by atoms with van der Waals surface area (Å²) in [5.74, 6) is 3.06. The zero-order valence-corrected chi connectivity index (χ0v) is 18.5. The third-order valence-corrected chi connectivity index (χ3v) is 8.00. The van der Waals surface area contributed by atoms with Crippen molar-refractivity contribution in [3.05, 3.63) is 0 Å². The van der Waals surface area contributed by atoms with E-state index in [0.29, 0.717) is 6.10 Å². The first-order valence-corrected chi connectivity index (χ1v) is 12.5. The van der Waals surface area contributed by atoms with Gasteiger partial charge in [-0.3, -0.25) is 4.79 Å². The summed E-state index contributed by atoms with van der Waals surface area (Å²) in [6.07, 6.45) is 18.7. The Morgan fingerprint density at radius 2 is 1.32 bits per heavy atom. The predicted octanol–water partition coefficient (Wildman–Crippen LogP) is 6.68. The minimum atomic E-state index is 0.100. The van der Waals surface area contributed by atoms with Gasteiger partial charge in [0.05, 0.1) is 12.0 Å². The second-order valence-electron chi connectivity index (χ2n) is 9.86. The molecule has 3 saturated carbocycles. The normalized spacial score (nSPS) is 36.8. The van der Waals surface area contributed by atoms with Crippen LogP contribution in [0.2, 0.25) is 0 Å². The van der Waals surface area contributed by atoms with E-state index >= 15 is 0 Å². The van der Waals surface area contributed by atoms with Crippen LogP contribution in [0.5, 0.6) is 0 Å². The molecule has 0 bridgehead atoms. The van der Waals surface area contributed by atoms with E-state index in [1.54, 1.807) is 0 Å². The predicted molar refractivity (Wildman–Crippen MR) is 114 cm³/mol. The molecule has 0 aromatic carbocycles. The molecule has 0 saturated heterocycles. The number of carbonyl (C=O) groups excluding carboxylic acids is 1. The van der Waals surface area contributed by atoms with Gasteiger partial charge in [-0.2, -0.15) is 0 Å². The van der Waals surface area contributed by atoms with E-state index in [0.717, 1.165) is 69.3 Å². The van der Waals surface area contributed by atoms with E-state index in [2.05, 4.69) is 13.8 Å². The number of hydrogen-bond donors (Lipinski definition) is 0. The van der Waals surface area contributed by atoms with Gasteiger partial charge < -0.3 is 9.47 Å². The van der Waals surface area contributed by atoms with Crippen molar-refractivity contribution in [3.63, 3.8) is 0 Å². The van der Waals surface area contributed by atoms with E-state index in [4.69, 9.17) is 9.47 Å². The first-order chi connectivity index (χ1) is 13.7. The highest BCUT2D eigenvalue weighted by molar-refractivity contribution is 5.72. The molecule has 28 heavy (non-hydrogen) atoms. The van der Waals surface area contributed by atoms with Crippen molar-refractivity contribution < 1.29 is 14.3 Å². The molecule has 0 atom stereocenters. The largest absolute Gasteiger partial charge is 0.462 e. The fourth-order valence-corrected chi connectivity index (χ4v) is 5.87. The van der Waals surface area contributed by atoms with Crippen LogP contribution in [0.4, 0.5) is 0 Å². The molecule has 0 aromatic rings. The quantitative estimate of drug-likeness (QED) is 0.341. The Morgan fingerprint density at radius 3 is 1.89 bits per heavy atom. The first kappa shape index (κ1) is 22.1. The van der Waals surface area contributed by atoms with Gasteiger partial charge >= 0.3 is 5.97 Å². The summed E-state index contributed by atoms with van der Waals surface area (Å²) in [6, 6.07) is 0. The summed E-state index contributed by atoms with van der Waals surface area (Å²) >= 11 is 0. The second kappa shape index (κ2) is 11.6. The molecule has 3 fully saturated rings. The van der Waals surface area contributed by atoms with Crippen molar-refractivity contribution in [1.82, 2.24) is 0 Å². The third-order valence-electron chi connectivity index (χ3n) is 8.00. The molecule has 3 aliphatic carbocycles. The van der Waals surface area contributed by atoms with E-state index in [1.807, 2.05) is 0 Å². The smallest absolute Gasteiger partial charge is 0.309 e. The van der Waals surface area contributed by atoms with Crippen LogP contribution in [0.1, 0.15) is 110 Å². The fourth-order valence-electron chi connectivity index (χ4n) is 5.87. The molecule has 3 heteroatoms. The summed E-state index contributed by atoms with van der Waals surface area (Å²) in [6.45, 7) is 5.42. The Hall–Kier alpha value is -0.570. The molecule has 3 aliphatic rings. The summed E-state index contributed by atoms with van der Waals surface area (Å²) in [5, 5.41) is 0. The molecule has 0 unspecified atom stereocenters. The average Bonchev–Trinajstić information content (AvgIpc) is 2.75. The van der Waals surface area contributed by atoms with Gasteiger partial charge in [-0.1, -0.05) is 39.5 Å². The molecule has 0 heterocycles. The second-order valence-corrected chi connectivity index (χ2v) is 9.86. The minimum Gasteiger partial charge on any atom is -0.462 e. The molecule has 0 N–H and O–H groups in total. The van der Waals surface area contributed by atoms with Crippen molar-refractivity contribution >= 4 is 5.97 Å². The Labute approximate surface area is 173 Å². The van der Waals surface area contributed by atoms with Gasteiger partial charge in [0, 0.05) is 6.61 Å². The van der Waals surface area contributed by atoms with Crippen molar-refractivity contribution in [2.45, 2.75) is 122 Å². The molecule has 0 aliphatic heterocycles.